The van der Waals surface area contributed by atoms with Gasteiger partial charge >= 0.3 is 0 Å². The first-order chi connectivity index (χ1) is 16.7. The van der Waals surface area contributed by atoms with Crippen molar-refractivity contribution in [3.05, 3.63) is 53.9 Å². The maximum atomic E-state index is 11.5. The highest BCUT2D eigenvalue weighted by Gasteiger charge is 2.20. The Bertz CT molecular complexity index is 1170. The number of benzene rings is 1. The van der Waals surface area contributed by atoms with Crippen LogP contribution < -0.4 is 15.4 Å². The highest BCUT2D eigenvalue weighted by Crippen LogP contribution is 2.26. The molecular weight excluding hydrogens is 446 g/mol. The first-order valence-electron chi connectivity index (χ1n) is 12.0. The monoisotopic (exact) mass is 477 g/mol. The van der Waals surface area contributed by atoms with Gasteiger partial charge in [0.05, 0.1) is 11.2 Å². The number of piperidine rings is 1. The standard InChI is InChI=1S/C26H31N5O2S/c1-34-21-12-22-19(5-2-6-23(22)28-15-21)9-11-31-10-3-4-18(16-31)13-27-14-20-7-8-24-26(29-20)30-25(32)17-33-24/h2,5-8,12,15,18,27H,3-4,9-11,13-14,16-17H2,1H3,(H,29,30,32). The topological polar surface area (TPSA) is 79.4 Å². The first kappa shape index (κ1) is 23.1. The van der Waals surface area contributed by atoms with E-state index in [0.717, 1.165) is 37.3 Å². The van der Waals surface area contributed by atoms with Crippen LogP contribution in [0.4, 0.5) is 5.82 Å². The Morgan fingerprint density at radius 1 is 1.29 bits per heavy atom. The van der Waals surface area contributed by atoms with Gasteiger partial charge in [0.15, 0.2) is 18.2 Å². The fourth-order valence-corrected chi connectivity index (χ4v) is 5.22. The van der Waals surface area contributed by atoms with Crippen LogP contribution in [0.1, 0.15) is 24.1 Å². The molecule has 0 radical (unpaired) electrons. The van der Waals surface area contributed by atoms with E-state index in [2.05, 4.69) is 56.0 Å². The molecule has 5 rings (SSSR count). The maximum absolute atomic E-state index is 11.5. The van der Waals surface area contributed by atoms with Crippen LogP contribution in [0.25, 0.3) is 10.9 Å². The van der Waals surface area contributed by atoms with Crippen molar-refractivity contribution in [1.82, 2.24) is 20.2 Å². The number of hydrogen-bond donors (Lipinski definition) is 2. The number of nitrogens with one attached hydrogen (secondary N) is 2. The molecule has 0 saturated carbocycles. The minimum absolute atomic E-state index is 0.0562. The SMILES string of the molecule is CSc1cnc2cccc(CCN3CCCC(CNCc4ccc5c(n4)NC(=O)CO5)C3)c2c1. The van der Waals surface area contributed by atoms with Crippen LogP contribution in [-0.4, -0.2) is 59.8 Å². The van der Waals surface area contributed by atoms with Crippen LogP contribution in [0.2, 0.25) is 0 Å². The summed E-state index contributed by atoms with van der Waals surface area (Å²) in [5.74, 6) is 1.63. The largest absolute Gasteiger partial charge is 0.480 e. The summed E-state index contributed by atoms with van der Waals surface area (Å²) in [6.07, 6.45) is 7.59. The number of anilines is 1. The number of pyridine rings is 2. The highest BCUT2D eigenvalue weighted by molar-refractivity contribution is 7.98. The molecule has 2 aromatic heterocycles. The Kier molecular flexibility index (Phi) is 7.27. The number of thioether (sulfide) groups is 1. The van der Waals surface area contributed by atoms with Gasteiger partial charge < -0.3 is 20.3 Å². The van der Waals surface area contributed by atoms with Crippen molar-refractivity contribution in [3.8, 4) is 5.75 Å². The minimum Gasteiger partial charge on any atom is -0.480 e. The molecule has 34 heavy (non-hydrogen) atoms. The number of rotatable bonds is 8. The normalized spacial score (nSPS) is 18.4. The summed E-state index contributed by atoms with van der Waals surface area (Å²) in [5.41, 5.74) is 3.38. The van der Waals surface area contributed by atoms with Gasteiger partial charge in [0.2, 0.25) is 0 Å². The van der Waals surface area contributed by atoms with Crippen molar-refractivity contribution in [1.29, 1.82) is 0 Å². The summed E-state index contributed by atoms with van der Waals surface area (Å²) in [6, 6.07) is 12.6. The predicted molar refractivity (Wildman–Crippen MR) is 136 cm³/mol. The molecule has 8 heteroatoms. The van der Waals surface area contributed by atoms with Gasteiger partial charge in [0.25, 0.3) is 5.91 Å². The van der Waals surface area contributed by atoms with Crippen molar-refractivity contribution in [2.45, 2.75) is 30.7 Å². The summed E-state index contributed by atoms with van der Waals surface area (Å²) in [5, 5.41) is 7.62. The summed E-state index contributed by atoms with van der Waals surface area (Å²) in [6.45, 7) is 5.06. The summed E-state index contributed by atoms with van der Waals surface area (Å²) >= 11 is 1.74. The zero-order valence-electron chi connectivity index (χ0n) is 19.5. The third-order valence-electron chi connectivity index (χ3n) is 6.60. The zero-order chi connectivity index (χ0) is 23.3. The summed E-state index contributed by atoms with van der Waals surface area (Å²) in [7, 11) is 0. The second-order valence-corrected chi connectivity index (χ2v) is 9.91. The molecule has 2 aliphatic heterocycles. The Morgan fingerprint density at radius 3 is 3.15 bits per heavy atom. The van der Waals surface area contributed by atoms with Gasteiger partial charge in [-0.15, -0.1) is 11.8 Å². The molecule has 0 spiro atoms. The number of amides is 1. The summed E-state index contributed by atoms with van der Waals surface area (Å²) < 4.78 is 5.39. The van der Waals surface area contributed by atoms with Gasteiger partial charge in [-0.3, -0.25) is 9.78 Å². The molecule has 1 aromatic carbocycles. The fourth-order valence-electron chi connectivity index (χ4n) is 4.83. The number of aromatic nitrogens is 2. The van der Waals surface area contributed by atoms with E-state index in [4.69, 9.17) is 4.74 Å². The second-order valence-electron chi connectivity index (χ2n) is 9.03. The predicted octanol–water partition coefficient (Wildman–Crippen LogP) is 3.73. The molecule has 2 N–H and O–H groups in total. The number of nitrogens with zero attached hydrogens (tertiary/aromatic N) is 3. The average molecular weight is 478 g/mol. The molecule has 1 unspecified atom stereocenters. The Labute approximate surface area is 204 Å². The highest BCUT2D eigenvalue weighted by atomic mass is 32.2. The smallest absolute Gasteiger partial charge is 0.263 e. The van der Waals surface area contributed by atoms with Gasteiger partial charge in [-0.2, -0.15) is 0 Å². The number of fused-ring (bicyclic) bond motifs is 2. The molecule has 1 saturated heterocycles. The van der Waals surface area contributed by atoms with Crippen LogP contribution in [0.5, 0.6) is 5.75 Å². The third-order valence-corrected chi connectivity index (χ3v) is 7.29. The number of carbonyl (C=O) groups excluding carboxylic acids is 1. The van der Waals surface area contributed by atoms with Gasteiger partial charge in [-0.1, -0.05) is 12.1 Å². The lowest BCUT2D eigenvalue weighted by molar-refractivity contribution is -0.118. The van der Waals surface area contributed by atoms with E-state index in [0.29, 0.717) is 24.0 Å². The second kappa shape index (κ2) is 10.7. The van der Waals surface area contributed by atoms with Gasteiger partial charge in [0, 0.05) is 36.1 Å². The van der Waals surface area contributed by atoms with Crippen LogP contribution in [0, 0.1) is 5.92 Å². The van der Waals surface area contributed by atoms with Crippen molar-refractivity contribution in [3.63, 3.8) is 0 Å². The Balaban J connectivity index is 1.12. The zero-order valence-corrected chi connectivity index (χ0v) is 20.4. The molecule has 2 aliphatic rings. The van der Waals surface area contributed by atoms with Crippen LogP contribution in [0.15, 0.2) is 47.5 Å². The van der Waals surface area contributed by atoms with E-state index >= 15 is 0 Å². The molecular formula is C26H31N5O2S. The molecule has 0 aliphatic carbocycles. The molecule has 1 atom stereocenters. The van der Waals surface area contributed by atoms with Gasteiger partial charge in [-0.25, -0.2) is 4.98 Å². The van der Waals surface area contributed by atoms with E-state index < -0.39 is 0 Å². The number of likely N-dealkylation sites (tertiary alicyclic amines) is 1. The molecule has 178 valence electrons. The lowest BCUT2D eigenvalue weighted by Gasteiger charge is -2.33. The molecule has 0 bridgehead atoms. The van der Waals surface area contributed by atoms with E-state index in [9.17, 15) is 4.79 Å². The minimum atomic E-state index is -0.156. The molecule has 3 aromatic rings. The van der Waals surface area contributed by atoms with Crippen molar-refractivity contribution in [2.24, 2.45) is 5.92 Å². The van der Waals surface area contributed by atoms with Crippen molar-refractivity contribution in [2.75, 3.05) is 44.4 Å². The molecule has 1 amide bonds. The molecule has 4 heterocycles. The van der Waals surface area contributed by atoms with Crippen molar-refractivity contribution >= 4 is 34.4 Å². The van der Waals surface area contributed by atoms with Crippen LogP contribution in [0.3, 0.4) is 0 Å². The Morgan fingerprint density at radius 2 is 2.24 bits per heavy atom. The third kappa shape index (κ3) is 5.51. The quantitative estimate of drug-likeness (QED) is 0.479. The van der Waals surface area contributed by atoms with E-state index in [1.807, 2.05) is 18.3 Å². The lowest BCUT2D eigenvalue weighted by Crippen LogP contribution is -2.40. The summed E-state index contributed by atoms with van der Waals surface area (Å²) in [4.78, 5) is 24.5. The van der Waals surface area contributed by atoms with E-state index in [1.165, 1.54) is 35.2 Å². The van der Waals surface area contributed by atoms with Gasteiger partial charge in [0.1, 0.15) is 0 Å². The van der Waals surface area contributed by atoms with Crippen LogP contribution in [-0.2, 0) is 17.8 Å². The fraction of sp³-hybridized carbons (Fsp3) is 0.423. The Hall–Kier alpha value is -2.68. The first-order valence-corrected chi connectivity index (χ1v) is 13.2. The lowest BCUT2D eigenvalue weighted by atomic mass is 9.97. The molecule has 7 nitrogen and oxygen atoms in total. The molecule has 1 fully saturated rings. The van der Waals surface area contributed by atoms with E-state index in [-0.39, 0.29) is 12.5 Å². The number of carbonyl (C=O) groups is 1. The average Bonchev–Trinajstić information content (AvgIpc) is 2.87. The van der Waals surface area contributed by atoms with Crippen molar-refractivity contribution < 1.29 is 9.53 Å². The number of hydrogen-bond acceptors (Lipinski definition) is 7. The van der Waals surface area contributed by atoms with Gasteiger partial charge in [-0.05, 0) is 74.4 Å². The van der Waals surface area contributed by atoms with Crippen LogP contribution >= 0.6 is 11.8 Å². The maximum Gasteiger partial charge on any atom is 0.263 e. The number of ether oxygens (including phenoxy) is 1. The van der Waals surface area contributed by atoms with E-state index in [1.54, 1.807) is 11.8 Å².